The lowest BCUT2D eigenvalue weighted by Crippen LogP contribution is -2.40. The van der Waals surface area contributed by atoms with Crippen molar-refractivity contribution in [3.63, 3.8) is 0 Å². The van der Waals surface area contributed by atoms with Crippen LogP contribution in [0.2, 0.25) is 0 Å². The number of fused-ring (bicyclic) bond motifs is 1. The van der Waals surface area contributed by atoms with E-state index in [1.165, 1.54) is 25.9 Å². The van der Waals surface area contributed by atoms with Gasteiger partial charge in [-0.1, -0.05) is 10.4 Å². The van der Waals surface area contributed by atoms with Gasteiger partial charge in [0.1, 0.15) is 11.5 Å². The molecule has 2 aliphatic heterocycles. The zero-order valence-electron chi connectivity index (χ0n) is 16.9. The summed E-state index contributed by atoms with van der Waals surface area (Å²) < 4.78 is 13.2. The van der Waals surface area contributed by atoms with Gasteiger partial charge >= 0.3 is 0 Å². The minimum Gasteiger partial charge on any atom is -0.379 e. The average molecular weight is 400 g/mol. The molecule has 1 unspecified atom stereocenters. The predicted octanol–water partition coefficient (Wildman–Crippen LogP) is 1.53. The highest BCUT2D eigenvalue weighted by molar-refractivity contribution is 5.92. The van der Waals surface area contributed by atoms with Gasteiger partial charge in [-0.25, -0.2) is 0 Å². The van der Waals surface area contributed by atoms with Crippen molar-refractivity contribution < 1.29 is 14.1 Å². The topological polar surface area (TPSA) is 89.5 Å². The van der Waals surface area contributed by atoms with E-state index in [1.54, 1.807) is 11.0 Å². The third kappa shape index (κ3) is 3.93. The lowest BCUT2D eigenvalue weighted by molar-refractivity contribution is 0.0596. The summed E-state index contributed by atoms with van der Waals surface area (Å²) in [6, 6.07) is 1.80. The Labute approximate surface area is 170 Å². The Morgan fingerprint density at radius 1 is 1.31 bits per heavy atom. The SMILES string of the molecule is Cn1nnc2c1C(COCCN1CCCC1)CN(C(=O)c1cc(C3CC3)on1)C2. The molecule has 1 aliphatic carbocycles. The van der Waals surface area contributed by atoms with Crippen molar-refractivity contribution in [3.8, 4) is 0 Å². The first-order valence-electron chi connectivity index (χ1n) is 10.6. The van der Waals surface area contributed by atoms with Gasteiger partial charge in [0.05, 0.1) is 25.5 Å². The van der Waals surface area contributed by atoms with Crippen LogP contribution in [0, 0.1) is 0 Å². The van der Waals surface area contributed by atoms with E-state index in [2.05, 4.69) is 20.4 Å². The Balaban J connectivity index is 1.24. The molecule has 2 aromatic heterocycles. The normalized spacial score (nSPS) is 22.2. The fourth-order valence-electron chi connectivity index (χ4n) is 4.44. The van der Waals surface area contributed by atoms with Crippen LogP contribution in [0.4, 0.5) is 0 Å². The van der Waals surface area contributed by atoms with Crippen molar-refractivity contribution in [2.24, 2.45) is 7.05 Å². The van der Waals surface area contributed by atoms with Crippen molar-refractivity contribution in [3.05, 3.63) is 28.9 Å². The number of nitrogens with zero attached hydrogens (tertiary/aromatic N) is 6. The number of rotatable bonds is 7. The molecule has 3 aliphatic rings. The van der Waals surface area contributed by atoms with E-state index in [-0.39, 0.29) is 11.8 Å². The number of carbonyl (C=O) groups excluding carboxylic acids is 1. The van der Waals surface area contributed by atoms with Crippen molar-refractivity contribution in [2.45, 2.75) is 44.1 Å². The number of likely N-dealkylation sites (tertiary alicyclic amines) is 1. The van der Waals surface area contributed by atoms with Crippen molar-refractivity contribution in [1.82, 2.24) is 30.0 Å². The number of hydrogen-bond acceptors (Lipinski definition) is 7. The first-order valence-corrected chi connectivity index (χ1v) is 10.6. The maximum absolute atomic E-state index is 13.0. The molecule has 0 N–H and O–H groups in total. The molecule has 156 valence electrons. The van der Waals surface area contributed by atoms with Crippen LogP contribution in [0.5, 0.6) is 0 Å². The van der Waals surface area contributed by atoms with Gasteiger partial charge in [0, 0.05) is 38.0 Å². The summed E-state index contributed by atoms with van der Waals surface area (Å²) >= 11 is 0. The maximum atomic E-state index is 13.0. The molecule has 4 heterocycles. The lowest BCUT2D eigenvalue weighted by Gasteiger charge is -2.31. The van der Waals surface area contributed by atoms with Gasteiger partial charge in [0.15, 0.2) is 5.69 Å². The number of aromatic nitrogens is 4. The predicted molar refractivity (Wildman–Crippen MR) is 103 cm³/mol. The molecular weight excluding hydrogens is 372 g/mol. The van der Waals surface area contributed by atoms with Gasteiger partial charge < -0.3 is 19.1 Å². The number of aryl methyl sites for hydroxylation is 1. The fraction of sp³-hybridized carbons (Fsp3) is 0.700. The monoisotopic (exact) mass is 400 g/mol. The van der Waals surface area contributed by atoms with Gasteiger partial charge in [-0.15, -0.1) is 5.10 Å². The lowest BCUT2D eigenvalue weighted by atomic mass is 9.98. The van der Waals surface area contributed by atoms with E-state index in [0.717, 1.165) is 36.5 Å². The summed E-state index contributed by atoms with van der Waals surface area (Å²) in [4.78, 5) is 17.3. The highest BCUT2D eigenvalue weighted by Crippen LogP contribution is 2.40. The van der Waals surface area contributed by atoms with Crippen molar-refractivity contribution >= 4 is 5.91 Å². The molecule has 2 fully saturated rings. The molecule has 9 nitrogen and oxygen atoms in total. The van der Waals surface area contributed by atoms with Crippen LogP contribution < -0.4 is 0 Å². The van der Waals surface area contributed by atoms with Crippen LogP contribution in [-0.4, -0.2) is 75.3 Å². The zero-order chi connectivity index (χ0) is 19.8. The Bertz CT molecular complexity index is 867. The van der Waals surface area contributed by atoms with E-state index in [0.29, 0.717) is 37.9 Å². The van der Waals surface area contributed by atoms with E-state index < -0.39 is 0 Å². The molecule has 0 bridgehead atoms. The van der Waals surface area contributed by atoms with Gasteiger partial charge in [-0.05, 0) is 38.8 Å². The van der Waals surface area contributed by atoms with E-state index >= 15 is 0 Å². The molecule has 0 aromatic carbocycles. The van der Waals surface area contributed by atoms with Crippen LogP contribution in [0.25, 0.3) is 0 Å². The fourth-order valence-corrected chi connectivity index (χ4v) is 4.44. The van der Waals surface area contributed by atoms with Crippen LogP contribution in [0.1, 0.15) is 65.2 Å². The van der Waals surface area contributed by atoms with Gasteiger partial charge in [-0.3, -0.25) is 9.48 Å². The summed E-state index contributed by atoms with van der Waals surface area (Å²) in [5, 5.41) is 12.5. The standard InChI is InChI=1S/C20H28N6O3/c1-24-19-15(13-28-9-8-25-6-2-3-7-25)11-26(12-17(19)21-23-24)20(27)16-10-18(29-22-16)14-4-5-14/h10,14-15H,2-9,11-13H2,1H3. The summed E-state index contributed by atoms with van der Waals surface area (Å²) in [6.45, 7) is 5.59. The highest BCUT2D eigenvalue weighted by Gasteiger charge is 2.35. The Kier molecular flexibility index (Phi) is 5.09. The second-order valence-electron chi connectivity index (χ2n) is 8.44. The molecule has 29 heavy (non-hydrogen) atoms. The molecule has 0 spiro atoms. The molecule has 1 saturated heterocycles. The molecule has 5 rings (SSSR count). The van der Waals surface area contributed by atoms with Gasteiger partial charge in [0.2, 0.25) is 0 Å². The van der Waals surface area contributed by atoms with Gasteiger partial charge in [0.25, 0.3) is 5.91 Å². The molecular formula is C20H28N6O3. The van der Waals surface area contributed by atoms with Crippen LogP contribution in [0.15, 0.2) is 10.6 Å². The minimum absolute atomic E-state index is 0.0519. The van der Waals surface area contributed by atoms with Crippen LogP contribution in [-0.2, 0) is 18.3 Å². The smallest absolute Gasteiger partial charge is 0.276 e. The zero-order valence-corrected chi connectivity index (χ0v) is 16.9. The van der Waals surface area contributed by atoms with E-state index in [4.69, 9.17) is 9.26 Å². The molecule has 1 saturated carbocycles. The first kappa shape index (κ1) is 18.7. The summed E-state index contributed by atoms with van der Waals surface area (Å²) in [5.74, 6) is 1.20. The maximum Gasteiger partial charge on any atom is 0.276 e. The summed E-state index contributed by atoms with van der Waals surface area (Å²) in [5.41, 5.74) is 2.29. The van der Waals surface area contributed by atoms with Crippen molar-refractivity contribution in [1.29, 1.82) is 0 Å². The molecule has 0 radical (unpaired) electrons. The second-order valence-corrected chi connectivity index (χ2v) is 8.44. The highest BCUT2D eigenvalue weighted by atomic mass is 16.5. The number of amides is 1. The Morgan fingerprint density at radius 3 is 2.93 bits per heavy atom. The van der Waals surface area contributed by atoms with Gasteiger partial charge in [-0.2, -0.15) is 0 Å². The van der Waals surface area contributed by atoms with Crippen LogP contribution >= 0.6 is 0 Å². The number of hydrogen-bond donors (Lipinski definition) is 0. The number of ether oxygens (including phenoxy) is 1. The first-order chi connectivity index (χ1) is 14.2. The third-order valence-corrected chi connectivity index (χ3v) is 6.20. The van der Waals surface area contributed by atoms with Crippen molar-refractivity contribution in [2.75, 3.05) is 39.4 Å². The Morgan fingerprint density at radius 2 is 2.14 bits per heavy atom. The van der Waals surface area contributed by atoms with Crippen LogP contribution in [0.3, 0.4) is 0 Å². The molecule has 1 atom stereocenters. The number of carbonyl (C=O) groups is 1. The average Bonchev–Trinajstić information content (AvgIpc) is 3.11. The quantitative estimate of drug-likeness (QED) is 0.651. The van der Waals surface area contributed by atoms with E-state index in [9.17, 15) is 4.79 Å². The van der Waals surface area contributed by atoms with E-state index in [1.807, 2.05) is 11.7 Å². The summed E-state index contributed by atoms with van der Waals surface area (Å²) in [6.07, 6.45) is 4.81. The Hall–Kier alpha value is -2.26. The minimum atomic E-state index is -0.112. The molecule has 1 amide bonds. The molecule has 2 aromatic rings. The summed E-state index contributed by atoms with van der Waals surface area (Å²) in [7, 11) is 1.90. The second kappa shape index (κ2) is 7.87. The molecule has 9 heteroatoms. The third-order valence-electron chi connectivity index (χ3n) is 6.20. The largest absolute Gasteiger partial charge is 0.379 e.